The van der Waals surface area contributed by atoms with Gasteiger partial charge in [-0.3, -0.25) is 4.79 Å². The molecular formula is C21H16N4O4. The van der Waals surface area contributed by atoms with E-state index in [1.165, 1.54) is 0 Å². The van der Waals surface area contributed by atoms with E-state index in [9.17, 15) is 4.79 Å². The molecule has 144 valence electrons. The van der Waals surface area contributed by atoms with Crippen LogP contribution in [0.25, 0.3) is 11.5 Å². The third kappa shape index (κ3) is 3.27. The number of rotatable bonds is 4. The Bertz CT molecular complexity index is 1130. The van der Waals surface area contributed by atoms with Crippen molar-refractivity contribution in [2.45, 2.75) is 18.9 Å². The van der Waals surface area contributed by atoms with Crippen molar-refractivity contribution in [1.29, 1.82) is 5.26 Å². The number of aromatic nitrogens is 2. The summed E-state index contributed by atoms with van der Waals surface area (Å²) in [5, 5.41) is 13.1. The Hall–Kier alpha value is -3.86. The minimum absolute atomic E-state index is 0.0468. The number of amides is 1. The van der Waals surface area contributed by atoms with E-state index in [1.54, 1.807) is 23.1 Å². The Morgan fingerprint density at radius 1 is 1.17 bits per heavy atom. The number of nitriles is 1. The van der Waals surface area contributed by atoms with Crippen LogP contribution in [-0.4, -0.2) is 34.3 Å². The molecule has 1 unspecified atom stereocenters. The van der Waals surface area contributed by atoms with Gasteiger partial charge in [-0.25, -0.2) is 0 Å². The lowest BCUT2D eigenvalue weighted by atomic mass is 10.1. The zero-order valence-corrected chi connectivity index (χ0v) is 15.4. The Morgan fingerprint density at radius 2 is 2.07 bits per heavy atom. The van der Waals surface area contributed by atoms with Gasteiger partial charge in [0, 0.05) is 31.0 Å². The molecule has 0 bridgehead atoms. The Kier molecular flexibility index (Phi) is 4.13. The summed E-state index contributed by atoms with van der Waals surface area (Å²) in [5.74, 6) is 2.19. The standard InChI is InChI=1S/C21H16N4O4/c22-9-13-2-1-3-15(6-13)21-23-20(24-29-21)16-8-19(26)25(11-16)10-14-4-5-17-18(7-14)28-12-27-17/h1-7,16H,8,10-12H2. The van der Waals surface area contributed by atoms with Crippen LogP contribution < -0.4 is 9.47 Å². The van der Waals surface area contributed by atoms with Gasteiger partial charge in [-0.05, 0) is 35.9 Å². The number of ether oxygens (including phenoxy) is 2. The largest absolute Gasteiger partial charge is 0.454 e. The van der Waals surface area contributed by atoms with Crippen molar-refractivity contribution in [2.24, 2.45) is 0 Å². The first-order chi connectivity index (χ1) is 14.2. The van der Waals surface area contributed by atoms with Gasteiger partial charge >= 0.3 is 0 Å². The lowest BCUT2D eigenvalue weighted by Crippen LogP contribution is -2.24. The van der Waals surface area contributed by atoms with Crippen molar-refractivity contribution in [3.8, 4) is 29.0 Å². The highest BCUT2D eigenvalue weighted by molar-refractivity contribution is 5.79. The fraction of sp³-hybridized carbons (Fsp3) is 0.238. The van der Waals surface area contributed by atoms with E-state index in [2.05, 4.69) is 16.2 Å². The molecule has 8 heteroatoms. The van der Waals surface area contributed by atoms with E-state index in [-0.39, 0.29) is 18.6 Å². The lowest BCUT2D eigenvalue weighted by molar-refractivity contribution is -0.128. The summed E-state index contributed by atoms with van der Waals surface area (Å²) in [7, 11) is 0. The molecule has 0 N–H and O–H groups in total. The second-order valence-electron chi connectivity index (χ2n) is 7.01. The highest BCUT2D eigenvalue weighted by Crippen LogP contribution is 2.34. The maximum absolute atomic E-state index is 12.5. The number of hydrogen-bond acceptors (Lipinski definition) is 7. The molecule has 5 rings (SSSR count). The molecule has 1 aromatic heterocycles. The SMILES string of the molecule is N#Cc1cccc(-c2nc(C3CC(=O)N(Cc4ccc5c(c4)OCO5)C3)no2)c1. The van der Waals surface area contributed by atoms with Crippen LogP contribution in [0.1, 0.15) is 29.3 Å². The van der Waals surface area contributed by atoms with Crippen LogP contribution in [0.3, 0.4) is 0 Å². The fourth-order valence-corrected chi connectivity index (χ4v) is 3.60. The van der Waals surface area contributed by atoms with Crippen molar-refractivity contribution in [3.63, 3.8) is 0 Å². The van der Waals surface area contributed by atoms with Crippen molar-refractivity contribution in [2.75, 3.05) is 13.3 Å². The molecular weight excluding hydrogens is 372 g/mol. The van der Waals surface area contributed by atoms with Crippen LogP contribution in [-0.2, 0) is 11.3 Å². The second kappa shape index (κ2) is 6.95. The maximum atomic E-state index is 12.5. The number of carbonyl (C=O) groups is 1. The molecule has 3 aromatic rings. The molecule has 3 heterocycles. The van der Waals surface area contributed by atoms with E-state index in [0.717, 1.165) is 11.3 Å². The minimum atomic E-state index is -0.131. The molecule has 29 heavy (non-hydrogen) atoms. The molecule has 1 fully saturated rings. The van der Waals surface area contributed by atoms with E-state index in [4.69, 9.17) is 19.3 Å². The van der Waals surface area contributed by atoms with Gasteiger partial charge in [-0.1, -0.05) is 17.3 Å². The maximum Gasteiger partial charge on any atom is 0.257 e. The van der Waals surface area contributed by atoms with Crippen LogP contribution in [0.5, 0.6) is 11.5 Å². The third-order valence-corrected chi connectivity index (χ3v) is 5.07. The molecule has 0 radical (unpaired) electrons. The zero-order chi connectivity index (χ0) is 19.8. The second-order valence-corrected chi connectivity index (χ2v) is 7.01. The van der Waals surface area contributed by atoms with Gasteiger partial charge in [0.2, 0.25) is 12.7 Å². The van der Waals surface area contributed by atoms with Gasteiger partial charge in [0.05, 0.1) is 11.6 Å². The summed E-state index contributed by atoms with van der Waals surface area (Å²) in [5.41, 5.74) is 2.18. The molecule has 2 aliphatic heterocycles. The zero-order valence-electron chi connectivity index (χ0n) is 15.4. The Balaban J connectivity index is 1.30. The highest BCUT2D eigenvalue weighted by atomic mass is 16.7. The van der Waals surface area contributed by atoms with Crippen LogP contribution in [0, 0.1) is 11.3 Å². The van der Waals surface area contributed by atoms with E-state index >= 15 is 0 Å². The van der Waals surface area contributed by atoms with Crippen molar-refractivity contribution in [3.05, 3.63) is 59.4 Å². The number of benzene rings is 2. The smallest absolute Gasteiger partial charge is 0.257 e. The lowest BCUT2D eigenvalue weighted by Gasteiger charge is -2.16. The summed E-state index contributed by atoms with van der Waals surface area (Å²) in [4.78, 5) is 18.7. The molecule has 8 nitrogen and oxygen atoms in total. The molecule has 0 spiro atoms. The number of nitrogens with zero attached hydrogens (tertiary/aromatic N) is 4. The van der Waals surface area contributed by atoms with Gasteiger partial charge in [-0.15, -0.1) is 0 Å². The Morgan fingerprint density at radius 3 is 2.97 bits per heavy atom. The van der Waals surface area contributed by atoms with Gasteiger partial charge in [0.15, 0.2) is 17.3 Å². The molecule has 0 saturated carbocycles. The quantitative estimate of drug-likeness (QED) is 0.677. The Labute approximate surface area is 166 Å². The topological polar surface area (TPSA) is 101 Å². The van der Waals surface area contributed by atoms with Gasteiger partial charge < -0.3 is 18.9 Å². The number of hydrogen-bond donors (Lipinski definition) is 0. The highest BCUT2D eigenvalue weighted by Gasteiger charge is 2.34. The number of fused-ring (bicyclic) bond motifs is 1. The molecule has 2 aromatic carbocycles. The van der Waals surface area contributed by atoms with Crippen LogP contribution in [0.2, 0.25) is 0 Å². The normalized spacial score (nSPS) is 17.6. The van der Waals surface area contributed by atoms with E-state index < -0.39 is 0 Å². The molecule has 2 aliphatic rings. The molecule has 1 amide bonds. The predicted octanol–water partition coefficient (Wildman–Crippen LogP) is 2.85. The summed E-state index contributed by atoms with van der Waals surface area (Å²) >= 11 is 0. The van der Waals surface area contributed by atoms with Crippen molar-refractivity contribution >= 4 is 5.91 Å². The minimum Gasteiger partial charge on any atom is -0.454 e. The van der Waals surface area contributed by atoms with Crippen molar-refractivity contribution < 1.29 is 18.8 Å². The summed E-state index contributed by atoms with van der Waals surface area (Å²) in [6, 6.07) is 14.8. The molecule has 1 saturated heterocycles. The fourth-order valence-electron chi connectivity index (χ4n) is 3.60. The summed E-state index contributed by atoms with van der Waals surface area (Å²) < 4.78 is 16.1. The van der Waals surface area contributed by atoms with E-state index in [0.29, 0.717) is 48.1 Å². The average Bonchev–Trinajstić information content (AvgIpc) is 3.48. The van der Waals surface area contributed by atoms with Crippen LogP contribution in [0.15, 0.2) is 47.0 Å². The molecule has 1 atom stereocenters. The van der Waals surface area contributed by atoms with Crippen LogP contribution in [0.4, 0.5) is 0 Å². The number of carbonyl (C=O) groups excluding carboxylic acids is 1. The summed E-state index contributed by atoms with van der Waals surface area (Å²) in [6.45, 7) is 1.23. The van der Waals surface area contributed by atoms with Crippen molar-refractivity contribution in [1.82, 2.24) is 15.0 Å². The van der Waals surface area contributed by atoms with Gasteiger partial charge in [-0.2, -0.15) is 10.2 Å². The number of likely N-dealkylation sites (tertiary alicyclic amines) is 1. The van der Waals surface area contributed by atoms with Gasteiger partial charge in [0.25, 0.3) is 5.89 Å². The first-order valence-electron chi connectivity index (χ1n) is 9.20. The first kappa shape index (κ1) is 17.3. The van der Waals surface area contributed by atoms with Crippen LogP contribution >= 0.6 is 0 Å². The van der Waals surface area contributed by atoms with Gasteiger partial charge in [0.1, 0.15) is 0 Å². The molecule has 0 aliphatic carbocycles. The first-order valence-corrected chi connectivity index (χ1v) is 9.20. The predicted molar refractivity (Wildman–Crippen MR) is 99.8 cm³/mol. The third-order valence-electron chi connectivity index (χ3n) is 5.07. The average molecular weight is 388 g/mol. The van der Waals surface area contributed by atoms with E-state index in [1.807, 2.05) is 24.3 Å². The monoisotopic (exact) mass is 388 g/mol. The summed E-state index contributed by atoms with van der Waals surface area (Å²) in [6.07, 6.45) is 0.335.